The van der Waals surface area contributed by atoms with Gasteiger partial charge in [-0.2, -0.15) is 13.2 Å². The fourth-order valence-electron chi connectivity index (χ4n) is 3.37. The van der Waals surface area contributed by atoms with E-state index in [2.05, 4.69) is 11.9 Å². The molecule has 0 saturated carbocycles. The van der Waals surface area contributed by atoms with Crippen molar-refractivity contribution in [2.75, 3.05) is 13.1 Å². The summed E-state index contributed by atoms with van der Waals surface area (Å²) in [6.07, 6.45) is 0.466. The lowest BCUT2D eigenvalue weighted by molar-refractivity contribution is -0.138. The number of hydrogen-bond acceptors (Lipinski definition) is 2. The lowest BCUT2D eigenvalue weighted by Crippen LogP contribution is -2.44. The van der Waals surface area contributed by atoms with Crippen molar-refractivity contribution in [1.82, 2.24) is 10.2 Å². The molecule has 0 unspecified atom stereocenters. The maximum absolute atomic E-state index is 13.3. The molecule has 5 nitrogen and oxygen atoms in total. The van der Waals surface area contributed by atoms with Crippen LogP contribution in [-0.4, -0.2) is 35.1 Å². The average Bonchev–Trinajstić information content (AvgIpc) is 2.69. The second-order valence-electron chi connectivity index (χ2n) is 6.61. The molecule has 29 heavy (non-hydrogen) atoms. The first-order valence-corrected chi connectivity index (χ1v) is 9.13. The Bertz CT molecular complexity index is 836. The predicted molar refractivity (Wildman–Crippen MR) is 103 cm³/mol. The standard InChI is InChI=1S/C21H23F3N2O3/c1-3-7-16(19(27)28)18(4-2)25-20(29)26-12-10-14(11-13-26)15-8-5-6-9-17(15)21(22,23)24/h3-9,14H,2,10-13H2,1H3,(H,25,29)(H,27,28)/b7-3-,18-16-. The largest absolute Gasteiger partial charge is 0.478 e. The minimum absolute atomic E-state index is 0.0603. The Kier molecular flexibility index (Phi) is 7.25. The number of alkyl halides is 3. The highest BCUT2D eigenvalue weighted by molar-refractivity contribution is 5.92. The Morgan fingerprint density at radius 3 is 2.38 bits per heavy atom. The number of urea groups is 1. The van der Waals surface area contributed by atoms with Crippen molar-refractivity contribution in [2.24, 2.45) is 0 Å². The van der Waals surface area contributed by atoms with Gasteiger partial charge >= 0.3 is 18.2 Å². The molecule has 2 rings (SSSR count). The van der Waals surface area contributed by atoms with E-state index in [4.69, 9.17) is 0 Å². The molecule has 8 heteroatoms. The molecule has 1 aliphatic heterocycles. The number of piperidine rings is 1. The Morgan fingerprint density at radius 1 is 1.24 bits per heavy atom. The normalized spacial score (nSPS) is 16.5. The highest BCUT2D eigenvalue weighted by Gasteiger charge is 2.36. The third-order valence-corrected chi connectivity index (χ3v) is 4.79. The zero-order chi connectivity index (χ0) is 21.6. The van der Waals surface area contributed by atoms with E-state index in [1.165, 1.54) is 35.3 Å². The van der Waals surface area contributed by atoms with Crippen LogP contribution in [0.25, 0.3) is 0 Å². The number of nitrogens with zero attached hydrogens (tertiary/aromatic N) is 1. The number of allylic oxidation sites excluding steroid dienone is 2. The van der Waals surface area contributed by atoms with Crippen molar-refractivity contribution in [3.63, 3.8) is 0 Å². The second-order valence-corrected chi connectivity index (χ2v) is 6.61. The number of hydrogen-bond donors (Lipinski definition) is 2. The molecule has 1 aromatic carbocycles. The van der Waals surface area contributed by atoms with Crippen molar-refractivity contribution in [3.8, 4) is 0 Å². The maximum Gasteiger partial charge on any atom is 0.416 e. The number of benzene rings is 1. The van der Waals surface area contributed by atoms with E-state index in [1.807, 2.05) is 0 Å². The molecular formula is C21H23F3N2O3. The number of carboxylic acids is 1. The summed E-state index contributed by atoms with van der Waals surface area (Å²) in [5.74, 6) is -1.51. The van der Waals surface area contributed by atoms with E-state index in [9.17, 15) is 27.9 Å². The summed E-state index contributed by atoms with van der Waals surface area (Å²) in [5.41, 5.74) is -0.444. The first-order chi connectivity index (χ1) is 13.7. The number of halogens is 3. The summed E-state index contributed by atoms with van der Waals surface area (Å²) in [5, 5.41) is 11.8. The van der Waals surface area contributed by atoms with E-state index >= 15 is 0 Å². The van der Waals surface area contributed by atoms with Crippen LogP contribution >= 0.6 is 0 Å². The molecule has 156 valence electrons. The Hall–Kier alpha value is -3.03. The minimum atomic E-state index is -4.42. The zero-order valence-corrected chi connectivity index (χ0v) is 16.0. The highest BCUT2D eigenvalue weighted by atomic mass is 19.4. The molecule has 0 bridgehead atoms. The van der Waals surface area contributed by atoms with Crippen LogP contribution in [0, 0.1) is 0 Å². The second kappa shape index (κ2) is 9.45. The SMILES string of the molecule is C=C/C(NC(=O)N1CCC(c2ccccc2C(F)(F)F)CC1)=C(\C=C/C)C(=O)O. The molecule has 0 aliphatic carbocycles. The number of carbonyl (C=O) groups is 2. The van der Waals surface area contributed by atoms with Gasteiger partial charge in [0, 0.05) is 13.1 Å². The van der Waals surface area contributed by atoms with E-state index in [1.54, 1.807) is 13.0 Å². The smallest absolute Gasteiger partial charge is 0.416 e. The van der Waals surface area contributed by atoms with E-state index in [-0.39, 0.29) is 35.8 Å². The molecule has 1 saturated heterocycles. The molecule has 1 heterocycles. The van der Waals surface area contributed by atoms with Crippen LogP contribution in [0.2, 0.25) is 0 Å². The number of amides is 2. The van der Waals surface area contributed by atoms with Crippen molar-refractivity contribution in [3.05, 3.63) is 71.5 Å². The van der Waals surface area contributed by atoms with Crippen LogP contribution in [0.1, 0.15) is 36.8 Å². The zero-order valence-electron chi connectivity index (χ0n) is 16.0. The number of aliphatic carboxylic acids is 1. The van der Waals surface area contributed by atoms with Crippen molar-refractivity contribution < 1.29 is 27.9 Å². The van der Waals surface area contributed by atoms with E-state index in [0.29, 0.717) is 12.8 Å². The van der Waals surface area contributed by atoms with Crippen LogP contribution in [0.4, 0.5) is 18.0 Å². The molecular weight excluding hydrogens is 385 g/mol. The van der Waals surface area contributed by atoms with Gasteiger partial charge in [0.1, 0.15) is 0 Å². The third-order valence-electron chi connectivity index (χ3n) is 4.79. The minimum Gasteiger partial charge on any atom is -0.478 e. The summed E-state index contributed by atoms with van der Waals surface area (Å²) in [4.78, 5) is 25.3. The van der Waals surface area contributed by atoms with Gasteiger partial charge in [0.05, 0.1) is 16.8 Å². The lowest BCUT2D eigenvalue weighted by Gasteiger charge is -2.33. The molecule has 2 N–H and O–H groups in total. The van der Waals surface area contributed by atoms with Gasteiger partial charge in [-0.3, -0.25) is 0 Å². The number of likely N-dealkylation sites (tertiary alicyclic amines) is 1. The van der Waals surface area contributed by atoms with Gasteiger partial charge in [0.2, 0.25) is 0 Å². The third kappa shape index (κ3) is 5.49. The number of carboxylic acid groups (broad SMARTS) is 1. The van der Waals surface area contributed by atoms with Gasteiger partial charge in [-0.1, -0.05) is 30.9 Å². The first-order valence-electron chi connectivity index (χ1n) is 9.13. The van der Waals surface area contributed by atoms with Crippen molar-refractivity contribution in [1.29, 1.82) is 0 Å². The van der Waals surface area contributed by atoms with Crippen LogP contribution in [-0.2, 0) is 11.0 Å². The molecule has 0 aromatic heterocycles. The van der Waals surface area contributed by atoms with Crippen molar-refractivity contribution >= 4 is 12.0 Å². The Balaban J connectivity index is 2.10. The van der Waals surface area contributed by atoms with Gasteiger partial charge < -0.3 is 15.3 Å². The Morgan fingerprint density at radius 2 is 1.86 bits per heavy atom. The fourth-order valence-corrected chi connectivity index (χ4v) is 3.37. The highest BCUT2D eigenvalue weighted by Crippen LogP contribution is 2.38. The molecule has 1 fully saturated rings. The van der Waals surface area contributed by atoms with E-state index < -0.39 is 23.7 Å². The summed E-state index contributed by atoms with van der Waals surface area (Å²) in [6, 6.07) is 5.00. The Labute approximate surface area is 167 Å². The van der Waals surface area contributed by atoms with Gasteiger partial charge in [-0.05, 0) is 49.5 Å². The topological polar surface area (TPSA) is 69.6 Å². The monoisotopic (exact) mass is 408 g/mol. The summed E-state index contributed by atoms with van der Waals surface area (Å²) in [6.45, 7) is 5.71. The molecule has 2 amide bonds. The molecule has 0 spiro atoms. The van der Waals surface area contributed by atoms with Crippen LogP contribution < -0.4 is 5.32 Å². The first kappa shape index (κ1) is 22.3. The number of rotatable bonds is 5. The number of nitrogens with one attached hydrogen (secondary N) is 1. The molecule has 0 radical (unpaired) electrons. The molecule has 0 atom stereocenters. The van der Waals surface area contributed by atoms with Gasteiger partial charge in [0.25, 0.3) is 0 Å². The summed E-state index contributed by atoms with van der Waals surface area (Å²) >= 11 is 0. The maximum atomic E-state index is 13.3. The van der Waals surface area contributed by atoms with Crippen LogP contribution in [0.5, 0.6) is 0 Å². The quantitative estimate of drug-likeness (QED) is 0.548. The summed E-state index contributed by atoms with van der Waals surface area (Å²) in [7, 11) is 0. The molecule has 1 aromatic rings. The number of carbonyl (C=O) groups excluding carboxylic acids is 1. The van der Waals surface area contributed by atoms with Gasteiger partial charge in [-0.15, -0.1) is 0 Å². The van der Waals surface area contributed by atoms with E-state index in [0.717, 1.165) is 6.07 Å². The summed E-state index contributed by atoms with van der Waals surface area (Å²) < 4.78 is 39.8. The molecule has 1 aliphatic rings. The van der Waals surface area contributed by atoms with Gasteiger partial charge in [0.15, 0.2) is 0 Å². The van der Waals surface area contributed by atoms with Gasteiger partial charge in [-0.25, -0.2) is 9.59 Å². The van der Waals surface area contributed by atoms with Crippen molar-refractivity contribution in [2.45, 2.75) is 31.9 Å². The lowest BCUT2D eigenvalue weighted by atomic mass is 9.86. The van der Waals surface area contributed by atoms with Crippen LogP contribution in [0.3, 0.4) is 0 Å². The fraction of sp³-hybridized carbons (Fsp3) is 0.333. The average molecular weight is 408 g/mol. The predicted octanol–water partition coefficient (Wildman–Crippen LogP) is 4.70. The van der Waals surface area contributed by atoms with Crippen LogP contribution in [0.15, 0.2) is 60.3 Å².